The number of hydrogen-bond donors (Lipinski definition) is 0. The third kappa shape index (κ3) is 5.90. The SMILES string of the molecule is CC(C)(C)C#C/C=C/CSc1cnn(C(C)(C)C)c(=O)c1Cl. The number of hydrogen-bond acceptors (Lipinski definition) is 3. The van der Waals surface area contributed by atoms with Crippen LogP contribution in [0.5, 0.6) is 0 Å². The summed E-state index contributed by atoms with van der Waals surface area (Å²) >= 11 is 7.63. The fourth-order valence-corrected chi connectivity index (χ4v) is 2.50. The molecule has 0 N–H and O–H groups in total. The van der Waals surface area contributed by atoms with E-state index in [1.54, 1.807) is 6.20 Å². The molecular formula is C17H23ClN2OS. The summed E-state index contributed by atoms with van der Waals surface area (Å²) in [5.41, 5.74) is -0.634. The highest BCUT2D eigenvalue weighted by Crippen LogP contribution is 2.24. The molecule has 22 heavy (non-hydrogen) atoms. The van der Waals surface area contributed by atoms with E-state index in [0.717, 1.165) is 0 Å². The van der Waals surface area contributed by atoms with Crippen molar-refractivity contribution in [3.05, 3.63) is 33.7 Å². The Kier molecular flexibility index (Phi) is 6.34. The molecule has 0 aromatic carbocycles. The fraction of sp³-hybridized carbons (Fsp3) is 0.529. The standard InChI is InChI=1S/C17H23ClN2OS/c1-16(2,3)10-8-7-9-11-22-13-12-19-20(17(4,5)6)15(21)14(13)18/h7,9,12H,11H2,1-6H3/b9-7+. The molecule has 0 saturated carbocycles. The van der Waals surface area contributed by atoms with E-state index in [9.17, 15) is 4.79 Å². The first kappa shape index (κ1) is 18.9. The Morgan fingerprint density at radius 1 is 1.32 bits per heavy atom. The minimum absolute atomic E-state index is 0.00216. The molecule has 0 bridgehead atoms. The van der Waals surface area contributed by atoms with E-state index in [0.29, 0.717) is 10.6 Å². The largest absolute Gasteiger partial charge is 0.287 e. The molecule has 3 nitrogen and oxygen atoms in total. The number of nitrogens with zero attached hydrogens (tertiary/aromatic N) is 2. The van der Waals surface area contributed by atoms with Crippen molar-refractivity contribution in [1.82, 2.24) is 9.78 Å². The van der Waals surface area contributed by atoms with Gasteiger partial charge in [0.25, 0.3) is 5.56 Å². The smallest absolute Gasteiger partial charge is 0.266 e. The number of allylic oxidation sites excluding steroid dienone is 1. The van der Waals surface area contributed by atoms with Gasteiger partial charge in [0.15, 0.2) is 0 Å². The Morgan fingerprint density at radius 3 is 2.50 bits per heavy atom. The summed E-state index contributed by atoms with van der Waals surface area (Å²) < 4.78 is 1.41. The maximum atomic E-state index is 12.2. The van der Waals surface area contributed by atoms with E-state index in [4.69, 9.17) is 11.6 Å². The molecule has 0 atom stereocenters. The summed E-state index contributed by atoms with van der Waals surface area (Å²) in [6, 6.07) is 0. The molecule has 1 rings (SSSR count). The summed E-state index contributed by atoms with van der Waals surface area (Å²) in [6.45, 7) is 12.0. The Labute approximate surface area is 142 Å². The van der Waals surface area contributed by atoms with Gasteiger partial charge in [-0.2, -0.15) is 5.10 Å². The normalized spacial score (nSPS) is 12.3. The summed E-state index contributed by atoms with van der Waals surface area (Å²) in [6.07, 6.45) is 5.43. The molecule has 0 aliphatic carbocycles. The molecule has 0 unspecified atom stereocenters. The van der Waals surface area contributed by atoms with Gasteiger partial charge in [-0.3, -0.25) is 4.79 Å². The third-order valence-electron chi connectivity index (χ3n) is 2.51. The van der Waals surface area contributed by atoms with Crippen LogP contribution in [-0.2, 0) is 5.54 Å². The molecule has 0 aliphatic heterocycles. The van der Waals surface area contributed by atoms with Crippen LogP contribution in [0.4, 0.5) is 0 Å². The molecule has 0 radical (unpaired) electrons. The second kappa shape index (κ2) is 7.39. The minimum Gasteiger partial charge on any atom is -0.266 e. The lowest BCUT2D eigenvalue weighted by Crippen LogP contribution is -2.36. The van der Waals surface area contributed by atoms with Crippen LogP contribution < -0.4 is 5.56 Å². The van der Waals surface area contributed by atoms with Crippen LogP contribution in [0.1, 0.15) is 41.5 Å². The fourth-order valence-electron chi connectivity index (χ4n) is 1.50. The Hall–Kier alpha value is -1.18. The predicted octanol–water partition coefficient (Wildman–Crippen LogP) is 4.35. The van der Waals surface area contributed by atoms with E-state index < -0.39 is 0 Å². The van der Waals surface area contributed by atoms with Crippen LogP contribution >= 0.6 is 23.4 Å². The monoisotopic (exact) mass is 338 g/mol. The summed E-state index contributed by atoms with van der Waals surface area (Å²) in [5.74, 6) is 6.83. The molecule has 0 amide bonds. The first-order valence-electron chi connectivity index (χ1n) is 7.11. The lowest BCUT2D eigenvalue weighted by Gasteiger charge is -2.20. The van der Waals surface area contributed by atoms with E-state index >= 15 is 0 Å². The number of rotatable bonds is 3. The Morgan fingerprint density at radius 2 is 1.95 bits per heavy atom. The van der Waals surface area contributed by atoms with Crippen molar-refractivity contribution in [3.8, 4) is 11.8 Å². The maximum absolute atomic E-state index is 12.2. The van der Waals surface area contributed by atoms with Crippen LogP contribution in [0.25, 0.3) is 0 Å². The topological polar surface area (TPSA) is 34.9 Å². The second-order valence-electron chi connectivity index (χ2n) is 6.94. The van der Waals surface area contributed by atoms with Crippen LogP contribution in [-0.4, -0.2) is 15.5 Å². The average molecular weight is 339 g/mol. The van der Waals surface area contributed by atoms with Gasteiger partial charge in [-0.15, -0.1) is 11.8 Å². The highest BCUT2D eigenvalue weighted by Gasteiger charge is 2.19. The van der Waals surface area contributed by atoms with E-state index in [2.05, 4.69) is 37.7 Å². The Balaban J connectivity index is 2.76. The van der Waals surface area contributed by atoms with Crippen LogP contribution in [0.2, 0.25) is 5.02 Å². The zero-order chi connectivity index (χ0) is 17.0. The number of halogens is 1. The maximum Gasteiger partial charge on any atom is 0.287 e. The molecule has 0 aliphatic rings. The Bertz CT molecular complexity index is 667. The van der Waals surface area contributed by atoms with E-state index in [1.165, 1.54) is 16.4 Å². The molecule has 120 valence electrons. The minimum atomic E-state index is -0.383. The molecule has 0 saturated heterocycles. The number of aromatic nitrogens is 2. The zero-order valence-corrected chi connectivity index (χ0v) is 15.6. The van der Waals surface area contributed by atoms with Crippen molar-refractivity contribution >= 4 is 23.4 Å². The number of thioether (sulfide) groups is 1. The van der Waals surface area contributed by atoms with Crippen LogP contribution in [0.3, 0.4) is 0 Å². The van der Waals surface area contributed by atoms with Crippen molar-refractivity contribution in [2.24, 2.45) is 5.41 Å². The van der Waals surface area contributed by atoms with Gasteiger partial charge in [0, 0.05) is 11.2 Å². The van der Waals surface area contributed by atoms with Crippen molar-refractivity contribution in [3.63, 3.8) is 0 Å². The van der Waals surface area contributed by atoms with Gasteiger partial charge < -0.3 is 0 Å². The molecule has 1 aromatic rings. The van der Waals surface area contributed by atoms with Gasteiger partial charge in [0.05, 0.1) is 16.6 Å². The first-order valence-corrected chi connectivity index (χ1v) is 8.47. The van der Waals surface area contributed by atoms with E-state index in [1.807, 2.05) is 32.9 Å². The summed E-state index contributed by atoms with van der Waals surface area (Å²) in [4.78, 5) is 12.9. The van der Waals surface area contributed by atoms with Crippen molar-refractivity contribution in [2.45, 2.75) is 52.0 Å². The third-order valence-corrected chi connectivity index (χ3v) is 3.96. The molecule has 1 aromatic heterocycles. The lowest BCUT2D eigenvalue weighted by atomic mass is 9.98. The van der Waals surface area contributed by atoms with Gasteiger partial charge in [0.2, 0.25) is 0 Å². The summed E-state index contributed by atoms with van der Waals surface area (Å²) in [5, 5.41) is 4.43. The molecule has 0 fully saturated rings. The second-order valence-corrected chi connectivity index (χ2v) is 8.38. The lowest BCUT2D eigenvalue weighted by molar-refractivity contribution is 0.336. The first-order chi connectivity index (χ1) is 10.0. The van der Waals surface area contributed by atoms with Gasteiger partial charge in [0.1, 0.15) is 5.02 Å². The van der Waals surface area contributed by atoms with Crippen molar-refractivity contribution in [2.75, 3.05) is 5.75 Å². The zero-order valence-electron chi connectivity index (χ0n) is 14.0. The molecular weight excluding hydrogens is 316 g/mol. The predicted molar refractivity (Wildman–Crippen MR) is 95.6 cm³/mol. The molecule has 0 spiro atoms. The van der Waals surface area contributed by atoms with Gasteiger partial charge in [-0.1, -0.05) is 29.5 Å². The molecule has 1 heterocycles. The van der Waals surface area contributed by atoms with Gasteiger partial charge >= 0.3 is 0 Å². The van der Waals surface area contributed by atoms with Crippen LogP contribution in [0.15, 0.2) is 28.0 Å². The average Bonchev–Trinajstić information content (AvgIpc) is 2.35. The quantitative estimate of drug-likeness (QED) is 0.607. The molecule has 5 heteroatoms. The van der Waals surface area contributed by atoms with Gasteiger partial charge in [-0.05, 0) is 47.6 Å². The van der Waals surface area contributed by atoms with Gasteiger partial charge in [-0.25, -0.2) is 4.68 Å². The highest BCUT2D eigenvalue weighted by molar-refractivity contribution is 7.99. The van der Waals surface area contributed by atoms with Crippen LogP contribution in [0, 0.1) is 17.3 Å². The van der Waals surface area contributed by atoms with Crippen molar-refractivity contribution in [1.29, 1.82) is 0 Å². The van der Waals surface area contributed by atoms with Crippen molar-refractivity contribution < 1.29 is 0 Å². The van der Waals surface area contributed by atoms with E-state index in [-0.39, 0.29) is 21.5 Å². The summed E-state index contributed by atoms with van der Waals surface area (Å²) in [7, 11) is 0. The highest BCUT2D eigenvalue weighted by atomic mass is 35.5.